The summed E-state index contributed by atoms with van der Waals surface area (Å²) in [5, 5.41) is 5.27. The van der Waals surface area contributed by atoms with Crippen molar-refractivity contribution in [2.24, 2.45) is 11.7 Å². The van der Waals surface area contributed by atoms with E-state index in [9.17, 15) is 9.59 Å². The monoisotopic (exact) mass is 213 g/mol. The molecule has 0 aromatic heterocycles. The second-order valence-electron chi connectivity index (χ2n) is 4.72. The zero-order valence-electron chi connectivity index (χ0n) is 9.46. The maximum Gasteiger partial charge on any atom is 0.318 e. The highest BCUT2D eigenvalue weighted by Gasteiger charge is 2.39. The Balaban J connectivity index is 2.43. The smallest absolute Gasteiger partial charge is 0.318 e. The molecular formula is C10H19N3O2. The minimum Gasteiger partial charge on any atom is -0.351 e. The van der Waals surface area contributed by atoms with Crippen LogP contribution in [0.1, 0.15) is 33.6 Å². The van der Waals surface area contributed by atoms with Crippen LogP contribution < -0.4 is 16.4 Å². The van der Waals surface area contributed by atoms with Crippen molar-refractivity contribution in [3.05, 3.63) is 0 Å². The number of rotatable bonds is 4. The predicted molar refractivity (Wildman–Crippen MR) is 57.1 cm³/mol. The number of imide groups is 1. The van der Waals surface area contributed by atoms with Crippen molar-refractivity contribution < 1.29 is 9.59 Å². The summed E-state index contributed by atoms with van der Waals surface area (Å²) in [6.45, 7) is 5.86. The summed E-state index contributed by atoms with van der Waals surface area (Å²) < 4.78 is 0. The van der Waals surface area contributed by atoms with Crippen LogP contribution in [-0.2, 0) is 4.79 Å². The molecule has 1 aliphatic rings. The number of urea groups is 1. The number of carbonyl (C=O) groups excluding carboxylic acids is 2. The molecule has 3 amide bonds. The van der Waals surface area contributed by atoms with Crippen LogP contribution in [0, 0.1) is 5.92 Å². The molecule has 86 valence electrons. The lowest BCUT2D eigenvalue weighted by molar-refractivity contribution is -0.122. The molecule has 0 heterocycles. The lowest BCUT2D eigenvalue weighted by Gasteiger charge is -2.29. The standard InChI is InChI=1S/C10H19N3O2/c1-6(8(14)12-9(11)15)13-10(2,3)7-4-5-7/h6-7,13H,4-5H2,1-3H3,(H3,11,12,14,15). The van der Waals surface area contributed by atoms with Crippen molar-refractivity contribution in [2.45, 2.75) is 45.2 Å². The molecule has 1 unspecified atom stereocenters. The fraction of sp³-hybridized carbons (Fsp3) is 0.800. The van der Waals surface area contributed by atoms with Gasteiger partial charge in [0.15, 0.2) is 0 Å². The van der Waals surface area contributed by atoms with Gasteiger partial charge in [0.2, 0.25) is 5.91 Å². The van der Waals surface area contributed by atoms with Crippen LogP contribution in [0.15, 0.2) is 0 Å². The van der Waals surface area contributed by atoms with E-state index in [1.165, 1.54) is 12.8 Å². The molecule has 5 nitrogen and oxygen atoms in total. The van der Waals surface area contributed by atoms with E-state index in [1.807, 2.05) is 0 Å². The highest BCUT2D eigenvalue weighted by Crippen LogP contribution is 2.39. The number of hydrogen-bond acceptors (Lipinski definition) is 3. The van der Waals surface area contributed by atoms with Crippen LogP contribution in [0.3, 0.4) is 0 Å². The number of nitrogens with one attached hydrogen (secondary N) is 2. The third-order valence-corrected chi connectivity index (χ3v) is 2.83. The van der Waals surface area contributed by atoms with Gasteiger partial charge >= 0.3 is 6.03 Å². The van der Waals surface area contributed by atoms with Gasteiger partial charge < -0.3 is 11.1 Å². The summed E-state index contributed by atoms with van der Waals surface area (Å²) in [4.78, 5) is 21.9. The van der Waals surface area contributed by atoms with Crippen molar-refractivity contribution in [1.29, 1.82) is 0 Å². The maximum atomic E-state index is 11.4. The first-order valence-electron chi connectivity index (χ1n) is 5.21. The average Bonchev–Trinajstić information content (AvgIpc) is 2.83. The van der Waals surface area contributed by atoms with Gasteiger partial charge in [-0.2, -0.15) is 0 Å². The zero-order valence-corrected chi connectivity index (χ0v) is 9.46. The molecule has 1 rings (SSSR count). The van der Waals surface area contributed by atoms with Gasteiger partial charge in [0.05, 0.1) is 6.04 Å². The summed E-state index contributed by atoms with van der Waals surface area (Å²) in [6.07, 6.45) is 2.40. The zero-order chi connectivity index (χ0) is 11.6. The SMILES string of the molecule is CC(NC(C)(C)C1CC1)C(=O)NC(N)=O. The summed E-state index contributed by atoms with van der Waals surface area (Å²) in [6, 6.07) is -1.22. The fourth-order valence-corrected chi connectivity index (χ4v) is 1.78. The Morgan fingerprint density at radius 1 is 1.40 bits per heavy atom. The predicted octanol–water partition coefficient (Wildman–Crippen LogP) is 0.348. The maximum absolute atomic E-state index is 11.4. The molecule has 1 aliphatic carbocycles. The second kappa shape index (κ2) is 4.18. The Morgan fingerprint density at radius 3 is 2.33 bits per heavy atom. The Bertz CT molecular complexity index is 272. The van der Waals surface area contributed by atoms with Gasteiger partial charge in [0, 0.05) is 5.54 Å². The third-order valence-electron chi connectivity index (χ3n) is 2.83. The topological polar surface area (TPSA) is 84.2 Å². The number of hydrogen-bond donors (Lipinski definition) is 3. The van der Waals surface area contributed by atoms with E-state index < -0.39 is 12.1 Å². The quantitative estimate of drug-likeness (QED) is 0.630. The minimum atomic E-state index is -0.808. The summed E-state index contributed by atoms with van der Waals surface area (Å²) in [5.74, 6) is 0.248. The first-order chi connectivity index (χ1) is 6.83. The lowest BCUT2D eigenvalue weighted by Crippen LogP contribution is -2.54. The molecule has 0 radical (unpaired) electrons. The third kappa shape index (κ3) is 3.51. The van der Waals surface area contributed by atoms with Gasteiger partial charge in [-0.05, 0) is 39.5 Å². The molecule has 15 heavy (non-hydrogen) atoms. The summed E-state index contributed by atoms with van der Waals surface area (Å²) in [5.41, 5.74) is 4.81. The van der Waals surface area contributed by atoms with Crippen LogP contribution in [0.4, 0.5) is 4.79 Å². The van der Waals surface area contributed by atoms with E-state index in [2.05, 4.69) is 24.5 Å². The number of primary amides is 1. The minimum absolute atomic E-state index is 0.0611. The Morgan fingerprint density at radius 2 is 1.93 bits per heavy atom. The van der Waals surface area contributed by atoms with Crippen molar-refractivity contribution >= 4 is 11.9 Å². The Labute approximate surface area is 89.8 Å². The highest BCUT2D eigenvalue weighted by molar-refractivity contribution is 5.96. The Hall–Kier alpha value is -1.10. The number of carbonyl (C=O) groups is 2. The molecule has 5 heteroatoms. The van der Waals surface area contributed by atoms with Crippen LogP contribution in [0.25, 0.3) is 0 Å². The van der Waals surface area contributed by atoms with Crippen molar-refractivity contribution in [2.75, 3.05) is 0 Å². The van der Waals surface area contributed by atoms with Crippen molar-refractivity contribution in [3.8, 4) is 0 Å². The van der Waals surface area contributed by atoms with E-state index in [0.717, 1.165) is 0 Å². The molecule has 0 spiro atoms. The van der Waals surface area contributed by atoms with Gasteiger partial charge in [-0.1, -0.05) is 0 Å². The fourth-order valence-electron chi connectivity index (χ4n) is 1.78. The van der Waals surface area contributed by atoms with Gasteiger partial charge in [0.25, 0.3) is 0 Å². The van der Waals surface area contributed by atoms with Crippen LogP contribution >= 0.6 is 0 Å². The molecule has 4 N–H and O–H groups in total. The van der Waals surface area contributed by atoms with Crippen molar-refractivity contribution in [1.82, 2.24) is 10.6 Å². The van der Waals surface area contributed by atoms with Crippen molar-refractivity contribution in [3.63, 3.8) is 0 Å². The molecular weight excluding hydrogens is 194 g/mol. The number of nitrogens with two attached hydrogens (primary N) is 1. The van der Waals surface area contributed by atoms with E-state index >= 15 is 0 Å². The molecule has 0 aliphatic heterocycles. The van der Waals surface area contributed by atoms with Crippen LogP contribution in [0.5, 0.6) is 0 Å². The molecule has 1 atom stereocenters. The lowest BCUT2D eigenvalue weighted by atomic mass is 9.97. The Kier molecular flexibility index (Phi) is 3.34. The summed E-state index contributed by atoms with van der Waals surface area (Å²) >= 11 is 0. The van der Waals surface area contributed by atoms with Gasteiger partial charge in [-0.15, -0.1) is 0 Å². The van der Waals surface area contributed by atoms with E-state index in [1.54, 1.807) is 6.92 Å². The molecule has 0 aromatic carbocycles. The van der Waals surface area contributed by atoms with Gasteiger partial charge in [0.1, 0.15) is 0 Å². The molecule has 0 aromatic rings. The van der Waals surface area contributed by atoms with E-state index in [-0.39, 0.29) is 11.4 Å². The largest absolute Gasteiger partial charge is 0.351 e. The van der Waals surface area contributed by atoms with Crippen LogP contribution in [-0.4, -0.2) is 23.5 Å². The molecule has 1 saturated carbocycles. The number of amides is 3. The van der Waals surface area contributed by atoms with E-state index in [0.29, 0.717) is 5.92 Å². The van der Waals surface area contributed by atoms with E-state index in [4.69, 9.17) is 5.73 Å². The van der Waals surface area contributed by atoms with Crippen LogP contribution in [0.2, 0.25) is 0 Å². The highest BCUT2D eigenvalue weighted by atomic mass is 16.2. The molecule has 0 bridgehead atoms. The average molecular weight is 213 g/mol. The molecule has 0 saturated heterocycles. The van der Waals surface area contributed by atoms with Gasteiger partial charge in [-0.25, -0.2) is 4.79 Å². The molecule has 1 fully saturated rings. The van der Waals surface area contributed by atoms with Gasteiger partial charge in [-0.3, -0.25) is 10.1 Å². The first-order valence-corrected chi connectivity index (χ1v) is 5.21. The second-order valence-corrected chi connectivity index (χ2v) is 4.72. The normalized spacial score (nSPS) is 18.3. The summed E-state index contributed by atoms with van der Waals surface area (Å²) in [7, 11) is 0. The first kappa shape index (κ1) is 12.0.